The Bertz CT molecular complexity index is 368. The number of halogens is 3. The minimum atomic E-state index is -1.50. The van der Waals surface area contributed by atoms with Gasteiger partial charge in [-0.1, -0.05) is 0 Å². The van der Waals surface area contributed by atoms with Crippen LogP contribution in [0.1, 0.15) is 24.5 Å². The van der Waals surface area contributed by atoms with E-state index in [2.05, 4.69) is 5.32 Å². The molecule has 0 bridgehead atoms. The van der Waals surface area contributed by atoms with Gasteiger partial charge in [0.15, 0.2) is 17.5 Å². The highest BCUT2D eigenvalue weighted by Gasteiger charge is 2.25. The van der Waals surface area contributed by atoms with Crippen LogP contribution < -0.4 is 5.32 Å². The molecule has 0 aromatic heterocycles. The lowest BCUT2D eigenvalue weighted by Crippen LogP contribution is -2.28. The van der Waals surface area contributed by atoms with E-state index < -0.39 is 23.6 Å². The fraction of sp³-hybridized carbons (Fsp3) is 0.455. The molecule has 2 rings (SSSR count). The molecule has 1 fully saturated rings. The maximum atomic E-state index is 12.9. The standard InChI is InChI=1S/C11H12F3NO/c12-7-4-6(5-8(13)10(7)14)11(16)9-2-1-3-15-9/h4-5,9,11,15-16H,1-3H2/t9?,11-/m0/s1. The molecular weight excluding hydrogens is 219 g/mol. The molecule has 1 unspecified atom stereocenters. The summed E-state index contributed by atoms with van der Waals surface area (Å²) in [6.07, 6.45) is 0.641. The van der Waals surface area contributed by atoms with Crippen LogP contribution in [0.2, 0.25) is 0 Å². The van der Waals surface area contributed by atoms with Gasteiger partial charge in [0.05, 0.1) is 6.10 Å². The normalized spacial score (nSPS) is 22.4. The van der Waals surface area contributed by atoms with Crippen molar-refractivity contribution < 1.29 is 18.3 Å². The molecule has 1 aliphatic heterocycles. The molecule has 16 heavy (non-hydrogen) atoms. The Kier molecular flexibility index (Phi) is 3.16. The van der Waals surface area contributed by atoms with Crippen LogP contribution in [0.15, 0.2) is 12.1 Å². The lowest BCUT2D eigenvalue weighted by molar-refractivity contribution is 0.136. The molecular formula is C11H12F3NO. The summed E-state index contributed by atoms with van der Waals surface area (Å²) >= 11 is 0. The van der Waals surface area contributed by atoms with Crippen molar-refractivity contribution in [1.82, 2.24) is 5.32 Å². The van der Waals surface area contributed by atoms with Gasteiger partial charge in [0.1, 0.15) is 0 Å². The molecule has 0 saturated carbocycles. The van der Waals surface area contributed by atoms with Crippen molar-refractivity contribution in [3.05, 3.63) is 35.1 Å². The van der Waals surface area contributed by atoms with Gasteiger partial charge in [-0.15, -0.1) is 0 Å². The molecule has 1 aromatic rings. The van der Waals surface area contributed by atoms with Crippen LogP contribution in [0, 0.1) is 17.5 Å². The van der Waals surface area contributed by atoms with Crippen LogP contribution in [-0.2, 0) is 0 Å². The molecule has 1 saturated heterocycles. The van der Waals surface area contributed by atoms with Crippen molar-refractivity contribution in [2.24, 2.45) is 0 Å². The second kappa shape index (κ2) is 4.43. The molecule has 2 N–H and O–H groups in total. The molecule has 5 heteroatoms. The summed E-state index contributed by atoms with van der Waals surface area (Å²) in [7, 11) is 0. The Hall–Kier alpha value is -1.07. The van der Waals surface area contributed by atoms with Crippen LogP contribution >= 0.6 is 0 Å². The summed E-state index contributed by atoms with van der Waals surface area (Å²) < 4.78 is 38.6. The third kappa shape index (κ3) is 2.05. The molecule has 0 radical (unpaired) electrons. The van der Waals surface area contributed by atoms with Gasteiger partial charge in [-0.2, -0.15) is 0 Å². The van der Waals surface area contributed by atoms with Crippen LogP contribution in [0.5, 0.6) is 0 Å². The number of benzene rings is 1. The molecule has 0 spiro atoms. The third-order valence-corrected chi connectivity index (χ3v) is 2.83. The van der Waals surface area contributed by atoms with Gasteiger partial charge in [-0.05, 0) is 37.1 Å². The Morgan fingerprint density at radius 2 is 1.88 bits per heavy atom. The molecule has 2 atom stereocenters. The second-order valence-corrected chi connectivity index (χ2v) is 3.95. The van der Waals surface area contributed by atoms with Crippen molar-refractivity contribution in [3.8, 4) is 0 Å². The molecule has 1 aliphatic rings. The van der Waals surface area contributed by atoms with Crippen molar-refractivity contribution in [2.75, 3.05) is 6.54 Å². The zero-order chi connectivity index (χ0) is 11.7. The Morgan fingerprint density at radius 3 is 2.38 bits per heavy atom. The maximum Gasteiger partial charge on any atom is 0.194 e. The SMILES string of the molecule is O[C@@H](c1cc(F)c(F)c(F)c1)C1CCCN1. The van der Waals surface area contributed by atoms with Gasteiger partial charge < -0.3 is 10.4 Å². The van der Waals surface area contributed by atoms with Crippen molar-refractivity contribution in [3.63, 3.8) is 0 Å². The van der Waals surface area contributed by atoms with Gasteiger partial charge >= 0.3 is 0 Å². The van der Waals surface area contributed by atoms with Gasteiger partial charge in [0.25, 0.3) is 0 Å². The molecule has 0 aliphatic carbocycles. The zero-order valence-corrected chi connectivity index (χ0v) is 8.51. The average molecular weight is 231 g/mol. The minimum Gasteiger partial charge on any atom is -0.387 e. The number of nitrogens with one attached hydrogen (secondary N) is 1. The third-order valence-electron chi connectivity index (χ3n) is 2.83. The van der Waals surface area contributed by atoms with Crippen molar-refractivity contribution in [1.29, 1.82) is 0 Å². The highest BCUT2D eigenvalue weighted by molar-refractivity contribution is 5.23. The maximum absolute atomic E-state index is 12.9. The predicted octanol–water partition coefficient (Wildman–Crippen LogP) is 1.89. The smallest absolute Gasteiger partial charge is 0.194 e. The van der Waals surface area contributed by atoms with E-state index >= 15 is 0 Å². The Balaban J connectivity index is 2.26. The number of hydrogen-bond acceptors (Lipinski definition) is 2. The summed E-state index contributed by atoms with van der Waals surface area (Å²) in [6.45, 7) is 0.772. The Morgan fingerprint density at radius 1 is 1.25 bits per heavy atom. The molecule has 1 aromatic carbocycles. The molecule has 88 valence electrons. The lowest BCUT2D eigenvalue weighted by atomic mass is 10.0. The van der Waals surface area contributed by atoms with E-state index in [1.54, 1.807) is 0 Å². The van der Waals surface area contributed by atoms with E-state index in [4.69, 9.17) is 0 Å². The van der Waals surface area contributed by atoms with Crippen molar-refractivity contribution >= 4 is 0 Å². The predicted molar refractivity (Wildman–Crippen MR) is 52.3 cm³/mol. The monoisotopic (exact) mass is 231 g/mol. The van der Waals surface area contributed by atoms with Crippen molar-refractivity contribution in [2.45, 2.75) is 25.0 Å². The minimum absolute atomic E-state index is 0.0656. The molecule has 0 amide bonds. The highest BCUT2D eigenvalue weighted by atomic mass is 19.2. The number of rotatable bonds is 2. The number of aliphatic hydroxyl groups excluding tert-OH is 1. The second-order valence-electron chi connectivity index (χ2n) is 3.95. The summed E-state index contributed by atoms with van der Waals surface area (Å²) in [5, 5.41) is 12.9. The lowest BCUT2D eigenvalue weighted by Gasteiger charge is -2.18. The first-order valence-corrected chi connectivity index (χ1v) is 5.15. The molecule has 1 heterocycles. The summed E-state index contributed by atoms with van der Waals surface area (Å²) in [6, 6.07) is 1.45. The van der Waals surface area contributed by atoms with E-state index in [-0.39, 0.29) is 11.6 Å². The number of aliphatic hydroxyl groups is 1. The zero-order valence-electron chi connectivity index (χ0n) is 8.51. The first-order valence-electron chi connectivity index (χ1n) is 5.15. The highest BCUT2D eigenvalue weighted by Crippen LogP contribution is 2.25. The molecule has 2 nitrogen and oxygen atoms in total. The Labute approximate surface area is 91.1 Å². The summed E-state index contributed by atoms with van der Waals surface area (Å²) in [4.78, 5) is 0. The van der Waals surface area contributed by atoms with E-state index in [1.165, 1.54) is 0 Å². The average Bonchev–Trinajstić information content (AvgIpc) is 2.77. The topological polar surface area (TPSA) is 32.3 Å². The van der Waals surface area contributed by atoms with E-state index in [9.17, 15) is 18.3 Å². The van der Waals surface area contributed by atoms with Crippen LogP contribution in [0.3, 0.4) is 0 Å². The first kappa shape index (κ1) is 11.4. The quantitative estimate of drug-likeness (QED) is 0.762. The van der Waals surface area contributed by atoms with Gasteiger partial charge in [-0.25, -0.2) is 13.2 Å². The van der Waals surface area contributed by atoms with Gasteiger partial charge in [0, 0.05) is 6.04 Å². The largest absolute Gasteiger partial charge is 0.387 e. The first-order chi connectivity index (χ1) is 7.59. The fourth-order valence-corrected chi connectivity index (χ4v) is 1.96. The fourth-order valence-electron chi connectivity index (χ4n) is 1.96. The van der Waals surface area contributed by atoms with E-state index in [1.807, 2.05) is 0 Å². The van der Waals surface area contributed by atoms with Crippen LogP contribution in [0.4, 0.5) is 13.2 Å². The van der Waals surface area contributed by atoms with Gasteiger partial charge in [0.2, 0.25) is 0 Å². The van der Waals surface area contributed by atoms with E-state index in [0.29, 0.717) is 0 Å². The van der Waals surface area contributed by atoms with Gasteiger partial charge in [-0.3, -0.25) is 0 Å². The summed E-state index contributed by atoms with van der Waals surface area (Å²) in [5.74, 6) is -4.05. The number of hydrogen-bond donors (Lipinski definition) is 2. The summed E-state index contributed by atoms with van der Waals surface area (Å²) in [5.41, 5.74) is 0.0656. The van der Waals surface area contributed by atoms with Crippen LogP contribution in [0.25, 0.3) is 0 Å². The van der Waals surface area contributed by atoms with E-state index in [0.717, 1.165) is 31.5 Å². The van der Waals surface area contributed by atoms with Crippen LogP contribution in [-0.4, -0.2) is 17.7 Å².